The van der Waals surface area contributed by atoms with Crippen molar-refractivity contribution in [3.63, 3.8) is 0 Å². The molecular weight excluding hydrogens is 194 g/mol. The average molecular weight is 205 g/mol. The summed E-state index contributed by atoms with van der Waals surface area (Å²) in [5.41, 5.74) is 1.21. The molecule has 0 atom stereocenters. The van der Waals surface area contributed by atoms with Gasteiger partial charge in [0.05, 0.1) is 0 Å². The van der Waals surface area contributed by atoms with Crippen molar-refractivity contribution in [1.82, 2.24) is 9.55 Å². The van der Waals surface area contributed by atoms with E-state index in [1.807, 2.05) is 25.2 Å². The number of rotatable bonds is 1. The lowest BCUT2D eigenvalue weighted by Gasteiger charge is -1.94. The van der Waals surface area contributed by atoms with Crippen LogP contribution in [0.5, 0.6) is 0 Å². The van der Waals surface area contributed by atoms with Crippen molar-refractivity contribution < 1.29 is 0 Å². The normalized spacial score (nSPS) is 12.0. The summed E-state index contributed by atoms with van der Waals surface area (Å²) in [6.45, 7) is 2.06. The summed E-state index contributed by atoms with van der Waals surface area (Å²) in [7, 11) is 2.01. The minimum atomic E-state index is 0.755. The van der Waals surface area contributed by atoms with Crippen molar-refractivity contribution in [2.75, 3.05) is 0 Å². The highest BCUT2D eigenvalue weighted by atomic mass is 32.1. The summed E-state index contributed by atoms with van der Waals surface area (Å²) < 4.78 is 2.05. The van der Waals surface area contributed by atoms with E-state index in [-0.39, 0.29) is 0 Å². The Kier molecular flexibility index (Phi) is 2.45. The van der Waals surface area contributed by atoms with Gasteiger partial charge in [0.1, 0.15) is 0 Å². The molecule has 2 heterocycles. The van der Waals surface area contributed by atoms with Crippen LogP contribution in [0.3, 0.4) is 0 Å². The quantitative estimate of drug-likeness (QED) is 0.700. The van der Waals surface area contributed by atoms with E-state index >= 15 is 0 Å². The summed E-state index contributed by atoms with van der Waals surface area (Å²) in [6.07, 6.45) is 1.75. The van der Waals surface area contributed by atoms with E-state index in [1.165, 1.54) is 5.69 Å². The maximum atomic E-state index is 4.43. The first-order chi connectivity index (χ1) is 6.77. The highest BCUT2D eigenvalue weighted by molar-refractivity contribution is 7.07. The Bertz CT molecular complexity index is 482. The standard InChI is InChI=1S/C10H11N3S/c1-8-7-14-10(13(8)2)12-9-5-3-4-6-11-9/h3-7H,1-2H3. The zero-order valence-electron chi connectivity index (χ0n) is 8.14. The lowest BCUT2D eigenvalue weighted by Crippen LogP contribution is -2.10. The van der Waals surface area contributed by atoms with E-state index in [4.69, 9.17) is 0 Å². The van der Waals surface area contributed by atoms with Crippen LogP contribution in [0.1, 0.15) is 5.69 Å². The molecule has 0 unspecified atom stereocenters. The van der Waals surface area contributed by atoms with Crippen molar-refractivity contribution in [3.05, 3.63) is 40.3 Å². The lowest BCUT2D eigenvalue weighted by atomic mass is 10.5. The molecule has 0 bridgehead atoms. The molecule has 4 heteroatoms. The molecule has 0 fully saturated rings. The number of aryl methyl sites for hydroxylation is 1. The van der Waals surface area contributed by atoms with Gasteiger partial charge in [0, 0.05) is 24.3 Å². The molecule has 0 aliphatic rings. The summed E-state index contributed by atoms with van der Waals surface area (Å²) >= 11 is 1.63. The first kappa shape index (κ1) is 9.15. The second-order valence-corrected chi connectivity index (χ2v) is 3.85. The molecule has 72 valence electrons. The largest absolute Gasteiger partial charge is 0.324 e. The Morgan fingerprint density at radius 3 is 2.86 bits per heavy atom. The number of pyridine rings is 1. The first-order valence-electron chi connectivity index (χ1n) is 4.34. The van der Waals surface area contributed by atoms with Crippen LogP contribution in [0.2, 0.25) is 0 Å². The van der Waals surface area contributed by atoms with Crippen LogP contribution in [0.25, 0.3) is 0 Å². The molecule has 2 aromatic rings. The molecule has 0 N–H and O–H groups in total. The van der Waals surface area contributed by atoms with E-state index < -0.39 is 0 Å². The van der Waals surface area contributed by atoms with Crippen LogP contribution in [-0.4, -0.2) is 9.55 Å². The maximum Gasteiger partial charge on any atom is 0.191 e. The average Bonchev–Trinajstić information content (AvgIpc) is 2.52. The van der Waals surface area contributed by atoms with Gasteiger partial charge in [-0.2, -0.15) is 0 Å². The van der Waals surface area contributed by atoms with Crippen LogP contribution in [0.4, 0.5) is 5.82 Å². The van der Waals surface area contributed by atoms with Gasteiger partial charge >= 0.3 is 0 Å². The molecule has 3 nitrogen and oxygen atoms in total. The fourth-order valence-electron chi connectivity index (χ4n) is 1.07. The molecule has 2 aromatic heterocycles. The second kappa shape index (κ2) is 3.75. The number of thiazole rings is 1. The highest BCUT2D eigenvalue weighted by Crippen LogP contribution is 2.05. The number of hydrogen-bond donors (Lipinski definition) is 0. The zero-order chi connectivity index (χ0) is 9.97. The Hall–Kier alpha value is -1.42. The predicted molar refractivity (Wildman–Crippen MR) is 57.5 cm³/mol. The second-order valence-electron chi connectivity index (χ2n) is 3.02. The number of nitrogens with zero attached hydrogens (tertiary/aromatic N) is 3. The highest BCUT2D eigenvalue weighted by Gasteiger charge is 1.95. The van der Waals surface area contributed by atoms with Crippen LogP contribution in [-0.2, 0) is 7.05 Å². The van der Waals surface area contributed by atoms with E-state index in [0.29, 0.717) is 0 Å². The third kappa shape index (κ3) is 1.75. The molecule has 0 aromatic carbocycles. The van der Waals surface area contributed by atoms with Gasteiger partial charge in [-0.15, -0.1) is 11.3 Å². The van der Waals surface area contributed by atoms with Crippen molar-refractivity contribution in [2.24, 2.45) is 12.0 Å². The first-order valence-corrected chi connectivity index (χ1v) is 5.22. The molecule has 2 rings (SSSR count). The van der Waals surface area contributed by atoms with Gasteiger partial charge < -0.3 is 4.57 Å². The van der Waals surface area contributed by atoms with E-state index in [9.17, 15) is 0 Å². The van der Waals surface area contributed by atoms with Crippen LogP contribution < -0.4 is 4.80 Å². The molecule has 0 aliphatic heterocycles. The van der Waals surface area contributed by atoms with Gasteiger partial charge in [-0.3, -0.25) is 0 Å². The van der Waals surface area contributed by atoms with E-state index in [1.54, 1.807) is 17.5 Å². The fourth-order valence-corrected chi connectivity index (χ4v) is 1.95. The molecule has 0 saturated heterocycles. The summed E-state index contributed by atoms with van der Waals surface area (Å²) in [5, 5.41) is 2.09. The van der Waals surface area contributed by atoms with Crippen molar-refractivity contribution in [1.29, 1.82) is 0 Å². The molecule has 0 amide bonds. The van der Waals surface area contributed by atoms with Gasteiger partial charge in [-0.25, -0.2) is 9.98 Å². The smallest absolute Gasteiger partial charge is 0.191 e. The maximum absolute atomic E-state index is 4.43. The minimum absolute atomic E-state index is 0.755. The summed E-state index contributed by atoms with van der Waals surface area (Å²) in [6, 6.07) is 5.72. The van der Waals surface area contributed by atoms with E-state index in [0.717, 1.165) is 10.6 Å². The molecule has 0 aliphatic carbocycles. The van der Waals surface area contributed by atoms with E-state index in [2.05, 4.69) is 26.8 Å². The van der Waals surface area contributed by atoms with Gasteiger partial charge in [-0.05, 0) is 19.1 Å². The molecule has 0 saturated carbocycles. The Morgan fingerprint density at radius 2 is 2.29 bits per heavy atom. The van der Waals surface area contributed by atoms with Crippen LogP contribution in [0.15, 0.2) is 34.8 Å². The van der Waals surface area contributed by atoms with Crippen LogP contribution in [0, 0.1) is 6.92 Å². The minimum Gasteiger partial charge on any atom is -0.324 e. The number of hydrogen-bond acceptors (Lipinski definition) is 3. The zero-order valence-corrected chi connectivity index (χ0v) is 8.95. The molecule has 14 heavy (non-hydrogen) atoms. The van der Waals surface area contributed by atoms with Crippen LogP contribution >= 0.6 is 11.3 Å². The molecule has 0 radical (unpaired) electrons. The van der Waals surface area contributed by atoms with Gasteiger partial charge in [0.2, 0.25) is 0 Å². The Morgan fingerprint density at radius 1 is 1.43 bits per heavy atom. The SMILES string of the molecule is Cc1csc(=Nc2ccccn2)n1C. The van der Waals surface area contributed by atoms with Crippen molar-refractivity contribution in [3.8, 4) is 0 Å². The third-order valence-electron chi connectivity index (χ3n) is 2.01. The van der Waals surface area contributed by atoms with Gasteiger partial charge in [0.25, 0.3) is 0 Å². The summed E-state index contributed by atoms with van der Waals surface area (Å²) in [4.78, 5) is 9.56. The monoisotopic (exact) mass is 205 g/mol. The third-order valence-corrected chi connectivity index (χ3v) is 3.05. The Labute approximate surface area is 86.4 Å². The summed E-state index contributed by atoms with van der Waals surface area (Å²) in [5.74, 6) is 0.755. The molecular formula is C10H11N3S. The Balaban J connectivity index is 2.50. The topological polar surface area (TPSA) is 30.2 Å². The van der Waals surface area contributed by atoms with Crippen molar-refractivity contribution >= 4 is 17.2 Å². The predicted octanol–water partition coefficient (Wildman–Crippen LogP) is 2.02. The van der Waals surface area contributed by atoms with Crippen molar-refractivity contribution in [2.45, 2.75) is 6.92 Å². The number of aromatic nitrogens is 2. The lowest BCUT2D eigenvalue weighted by molar-refractivity contribution is 0.833. The van der Waals surface area contributed by atoms with Gasteiger partial charge in [-0.1, -0.05) is 6.07 Å². The fraction of sp³-hybridized carbons (Fsp3) is 0.200. The van der Waals surface area contributed by atoms with Gasteiger partial charge in [0.15, 0.2) is 10.6 Å². The molecule has 0 spiro atoms.